The van der Waals surface area contributed by atoms with Gasteiger partial charge in [-0.3, -0.25) is 4.79 Å². The number of hydrogen-bond acceptors (Lipinski definition) is 5. The summed E-state index contributed by atoms with van der Waals surface area (Å²) in [5, 5.41) is 2.80. The minimum atomic E-state index is -0.903. The predicted octanol–water partition coefficient (Wildman–Crippen LogP) is 2.08. The van der Waals surface area contributed by atoms with Gasteiger partial charge in [-0.2, -0.15) is 11.8 Å². The van der Waals surface area contributed by atoms with E-state index in [0.29, 0.717) is 12.2 Å². The van der Waals surface area contributed by atoms with Crippen LogP contribution in [0.3, 0.4) is 0 Å². The number of amides is 1. The van der Waals surface area contributed by atoms with E-state index in [1.165, 1.54) is 31.0 Å². The number of halogens is 1. The lowest BCUT2D eigenvalue weighted by Gasteiger charge is -2.26. The van der Waals surface area contributed by atoms with Crippen molar-refractivity contribution in [2.45, 2.75) is 16.9 Å². The summed E-state index contributed by atoms with van der Waals surface area (Å²) in [7, 11) is 1.33. The second-order valence-electron chi connectivity index (χ2n) is 4.67. The number of carbonyl (C=O) groups excluding carboxylic acids is 2. The van der Waals surface area contributed by atoms with Gasteiger partial charge in [0.05, 0.1) is 12.9 Å². The van der Waals surface area contributed by atoms with E-state index in [1.807, 2.05) is 0 Å². The van der Waals surface area contributed by atoms with Crippen LogP contribution >= 0.6 is 23.5 Å². The highest BCUT2D eigenvalue weighted by Crippen LogP contribution is 2.29. The third kappa shape index (κ3) is 4.14. The molecule has 0 saturated carbocycles. The summed E-state index contributed by atoms with van der Waals surface area (Å²) in [6.07, 6.45) is 0.581. The van der Waals surface area contributed by atoms with Crippen molar-refractivity contribution in [1.29, 1.82) is 0 Å². The van der Waals surface area contributed by atoms with Crippen molar-refractivity contribution in [3.05, 3.63) is 30.1 Å². The molecule has 21 heavy (non-hydrogen) atoms. The number of hydrogen-bond donors (Lipinski definition) is 1. The van der Waals surface area contributed by atoms with Crippen molar-refractivity contribution in [3.63, 3.8) is 0 Å². The number of rotatable bonds is 5. The van der Waals surface area contributed by atoms with Crippen molar-refractivity contribution in [3.8, 4) is 0 Å². The van der Waals surface area contributed by atoms with Crippen LogP contribution in [0.1, 0.15) is 6.42 Å². The highest BCUT2D eigenvalue weighted by atomic mass is 32.2. The lowest BCUT2D eigenvalue weighted by Crippen LogP contribution is -2.55. The van der Waals surface area contributed by atoms with Crippen molar-refractivity contribution in [2.75, 3.05) is 24.4 Å². The number of nitrogens with one attached hydrogen (secondary N) is 1. The van der Waals surface area contributed by atoms with Gasteiger partial charge in [-0.1, -0.05) is 0 Å². The molecule has 1 saturated heterocycles. The van der Waals surface area contributed by atoms with Gasteiger partial charge in [0.25, 0.3) is 0 Å². The average Bonchev–Trinajstić information content (AvgIpc) is 2.95. The second kappa shape index (κ2) is 7.17. The summed E-state index contributed by atoms with van der Waals surface area (Å²) < 4.78 is 17.6. The van der Waals surface area contributed by atoms with Crippen LogP contribution in [-0.2, 0) is 14.3 Å². The van der Waals surface area contributed by atoms with Gasteiger partial charge in [-0.05, 0) is 36.4 Å². The average molecular weight is 329 g/mol. The maximum absolute atomic E-state index is 12.8. The molecule has 1 atom stereocenters. The van der Waals surface area contributed by atoms with E-state index in [2.05, 4.69) is 5.32 Å². The zero-order chi connectivity index (χ0) is 15.3. The topological polar surface area (TPSA) is 55.4 Å². The zero-order valence-corrected chi connectivity index (χ0v) is 13.2. The smallest absolute Gasteiger partial charge is 0.332 e. The molecule has 1 aliphatic heterocycles. The minimum absolute atomic E-state index is 0.176. The molecule has 0 aliphatic carbocycles. The van der Waals surface area contributed by atoms with Crippen LogP contribution in [0.5, 0.6) is 0 Å². The van der Waals surface area contributed by atoms with Crippen LogP contribution in [0.4, 0.5) is 4.39 Å². The lowest BCUT2D eigenvalue weighted by atomic mass is 9.99. The molecule has 1 N–H and O–H groups in total. The first-order valence-corrected chi connectivity index (χ1v) is 8.55. The molecule has 0 bridgehead atoms. The van der Waals surface area contributed by atoms with Gasteiger partial charge in [0.1, 0.15) is 11.4 Å². The Hall–Kier alpha value is -1.21. The Balaban J connectivity index is 1.91. The van der Waals surface area contributed by atoms with E-state index in [4.69, 9.17) is 4.74 Å². The number of benzene rings is 1. The van der Waals surface area contributed by atoms with E-state index in [1.54, 1.807) is 23.9 Å². The van der Waals surface area contributed by atoms with E-state index < -0.39 is 11.5 Å². The molecule has 0 radical (unpaired) electrons. The van der Waals surface area contributed by atoms with Crippen molar-refractivity contribution in [1.82, 2.24) is 5.32 Å². The summed E-state index contributed by atoms with van der Waals surface area (Å²) in [6.45, 7) is 0. The van der Waals surface area contributed by atoms with E-state index in [0.717, 1.165) is 10.6 Å². The van der Waals surface area contributed by atoms with E-state index >= 15 is 0 Å². The van der Waals surface area contributed by atoms with E-state index in [-0.39, 0.29) is 17.5 Å². The molecular formula is C14H16FNO3S2. The highest BCUT2D eigenvalue weighted by Gasteiger charge is 2.44. The number of methoxy groups -OCH3 is 1. The van der Waals surface area contributed by atoms with E-state index in [9.17, 15) is 14.0 Å². The largest absolute Gasteiger partial charge is 0.467 e. The van der Waals surface area contributed by atoms with Crippen LogP contribution < -0.4 is 5.32 Å². The first-order chi connectivity index (χ1) is 10.1. The second-order valence-corrected chi connectivity index (χ2v) is 6.82. The Bertz CT molecular complexity index is 515. The standard InChI is InChI=1S/C14H16FNO3S2/c1-19-13(18)14(6-7-20-9-14)16-12(17)8-21-11-4-2-10(15)3-5-11/h2-5H,6-9H2,1H3,(H,16,17)/t14-/m1/s1. The third-order valence-corrected chi connectivity index (χ3v) is 5.36. The molecule has 0 spiro atoms. The Morgan fingerprint density at radius 3 is 2.71 bits per heavy atom. The third-order valence-electron chi connectivity index (χ3n) is 3.16. The van der Waals surface area contributed by atoms with Gasteiger partial charge < -0.3 is 10.1 Å². The fourth-order valence-electron chi connectivity index (χ4n) is 2.05. The number of ether oxygens (including phenoxy) is 1. The van der Waals surface area contributed by atoms with Gasteiger partial charge in [-0.15, -0.1) is 11.8 Å². The van der Waals surface area contributed by atoms with Gasteiger partial charge in [-0.25, -0.2) is 9.18 Å². The molecule has 1 aromatic carbocycles. The van der Waals surface area contributed by atoms with Gasteiger partial charge >= 0.3 is 5.97 Å². The molecule has 1 aromatic rings. The number of esters is 1. The molecule has 1 amide bonds. The molecule has 2 rings (SSSR count). The van der Waals surface area contributed by atoms with Crippen molar-refractivity contribution in [2.24, 2.45) is 0 Å². The fraction of sp³-hybridized carbons (Fsp3) is 0.429. The molecule has 0 aromatic heterocycles. The van der Waals surface area contributed by atoms with Crippen molar-refractivity contribution >= 4 is 35.4 Å². The SMILES string of the molecule is COC(=O)[C@@]1(NC(=O)CSc2ccc(F)cc2)CCSC1. The molecule has 114 valence electrons. The molecule has 7 heteroatoms. The van der Waals surface area contributed by atoms with Crippen LogP contribution in [0.25, 0.3) is 0 Å². The van der Waals surface area contributed by atoms with Crippen LogP contribution in [0.2, 0.25) is 0 Å². The maximum atomic E-state index is 12.8. The molecule has 4 nitrogen and oxygen atoms in total. The fourth-order valence-corrected chi connectivity index (χ4v) is 4.07. The maximum Gasteiger partial charge on any atom is 0.332 e. The molecule has 0 unspecified atom stereocenters. The summed E-state index contributed by atoms with van der Waals surface area (Å²) in [5.41, 5.74) is -0.903. The molecule has 1 fully saturated rings. The van der Waals surface area contributed by atoms with Gasteiger partial charge in [0.15, 0.2) is 0 Å². The first kappa shape index (κ1) is 16.2. The highest BCUT2D eigenvalue weighted by molar-refractivity contribution is 8.00. The molecular weight excluding hydrogens is 313 g/mol. The lowest BCUT2D eigenvalue weighted by molar-refractivity contribution is -0.149. The quantitative estimate of drug-likeness (QED) is 0.662. The zero-order valence-electron chi connectivity index (χ0n) is 11.6. The Labute approximate surface area is 131 Å². The van der Waals surface area contributed by atoms with Crippen molar-refractivity contribution < 1.29 is 18.7 Å². The van der Waals surface area contributed by atoms with Gasteiger partial charge in [0, 0.05) is 10.6 Å². The van der Waals surface area contributed by atoms with Crippen LogP contribution in [-0.4, -0.2) is 41.8 Å². The summed E-state index contributed by atoms with van der Waals surface area (Å²) >= 11 is 2.92. The Morgan fingerprint density at radius 2 is 2.14 bits per heavy atom. The Kier molecular flexibility index (Phi) is 5.52. The van der Waals surface area contributed by atoms with Crippen LogP contribution in [0.15, 0.2) is 29.2 Å². The monoisotopic (exact) mass is 329 g/mol. The first-order valence-electron chi connectivity index (χ1n) is 6.41. The minimum Gasteiger partial charge on any atom is -0.467 e. The summed E-state index contributed by atoms with van der Waals surface area (Å²) in [6, 6.07) is 5.94. The number of carbonyl (C=O) groups is 2. The number of thioether (sulfide) groups is 2. The summed E-state index contributed by atoms with van der Waals surface area (Å²) in [5.74, 6) is 0.601. The molecule has 1 heterocycles. The summed E-state index contributed by atoms with van der Waals surface area (Å²) in [4.78, 5) is 24.7. The van der Waals surface area contributed by atoms with Gasteiger partial charge in [0.2, 0.25) is 5.91 Å². The normalized spacial score (nSPS) is 21.0. The molecule has 1 aliphatic rings. The Morgan fingerprint density at radius 1 is 1.43 bits per heavy atom. The predicted molar refractivity (Wildman–Crippen MR) is 82.0 cm³/mol. The van der Waals surface area contributed by atoms with Crippen LogP contribution in [0, 0.1) is 5.82 Å².